The number of methoxy groups -OCH3 is 1. The minimum Gasteiger partial charge on any atom is -0.497 e. The second-order valence-electron chi connectivity index (χ2n) is 4.83. The quantitative estimate of drug-likeness (QED) is 0.881. The molecule has 0 fully saturated rings. The molecule has 2 atom stereocenters. The van der Waals surface area contributed by atoms with Crippen LogP contribution >= 0.6 is 0 Å². The van der Waals surface area contributed by atoms with Gasteiger partial charge < -0.3 is 14.5 Å². The van der Waals surface area contributed by atoms with Crippen molar-refractivity contribution < 1.29 is 9.15 Å². The topological polar surface area (TPSA) is 34.4 Å². The standard InChI is InChI=1S/C16H21NO2/c1-11-5-10-16(19-11)13(3)17-12(2)14-6-8-15(18-4)9-7-14/h5-10,12-13,17H,1-4H3. The van der Waals surface area contributed by atoms with E-state index >= 15 is 0 Å². The fraction of sp³-hybridized carbons (Fsp3) is 0.375. The molecule has 1 aromatic heterocycles. The Bertz CT molecular complexity index is 516. The smallest absolute Gasteiger partial charge is 0.120 e. The van der Waals surface area contributed by atoms with Gasteiger partial charge in [-0.2, -0.15) is 0 Å². The van der Waals surface area contributed by atoms with Crippen LogP contribution in [0.3, 0.4) is 0 Å². The summed E-state index contributed by atoms with van der Waals surface area (Å²) < 4.78 is 10.8. The number of hydrogen-bond acceptors (Lipinski definition) is 3. The lowest BCUT2D eigenvalue weighted by Gasteiger charge is -2.19. The van der Waals surface area contributed by atoms with Gasteiger partial charge in [0.05, 0.1) is 13.2 Å². The predicted molar refractivity (Wildman–Crippen MR) is 76.4 cm³/mol. The lowest BCUT2D eigenvalue weighted by molar-refractivity contribution is 0.391. The Labute approximate surface area is 114 Å². The van der Waals surface area contributed by atoms with E-state index < -0.39 is 0 Å². The molecule has 0 amide bonds. The largest absolute Gasteiger partial charge is 0.497 e. The molecular weight excluding hydrogens is 238 g/mol. The van der Waals surface area contributed by atoms with Crippen LogP contribution in [-0.2, 0) is 0 Å². The molecule has 19 heavy (non-hydrogen) atoms. The van der Waals surface area contributed by atoms with Gasteiger partial charge in [0.25, 0.3) is 0 Å². The second-order valence-corrected chi connectivity index (χ2v) is 4.83. The maximum atomic E-state index is 5.64. The Morgan fingerprint density at radius 2 is 1.68 bits per heavy atom. The van der Waals surface area contributed by atoms with Crippen molar-refractivity contribution in [3.8, 4) is 5.75 Å². The summed E-state index contributed by atoms with van der Waals surface area (Å²) in [6.45, 7) is 6.22. The van der Waals surface area contributed by atoms with Crippen LogP contribution in [0.15, 0.2) is 40.8 Å². The number of aryl methyl sites for hydroxylation is 1. The van der Waals surface area contributed by atoms with E-state index in [0.29, 0.717) is 0 Å². The van der Waals surface area contributed by atoms with Crippen molar-refractivity contribution in [3.05, 3.63) is 53.5 Å². The first kappa shape index (κ1) is 13.7. The summed E-state index contributed by atoms with van der Waals surface area (Å²) in [4.78, 5) is 0. The highest BCUT2D eigenvalue weighted by molar-refractivity contribution is 5.29. The molecule has 1 aromatic carbocycles. The Kier molecular flexibility index (Phi) is 4.27. The first-order valence-electron chi connectivity index (χ1n) is 6.56. The summed E-state index contributed by atoms with van der Waals surface area (Å²) in [6.07, 6.45) is 0. The molecule has 1 N–H and O–H groups in total. The van der Waals surface area contributed by atoms with Crippen LogP contribution in [0.1, 0.15) is 43.0 Å². The summed E-state index contributed by atoms with van der Waals surface area (Å²) in [5.74, 6) is 2.80. The van der Waals surface area contributed by atoms with Crippen LogP contribution in [0.4, 0.5) is 0 Å². The van der Waals surface area contributed by atoms with Gasteiger partial charge in [-0.25, -0.2) is 0 Å². The van der Waals surface area contributed by atoms with Crippen molar-refractivity contribution in [3.63, 3.8) is 0 Å². The maximum Gasteiger partial charge on any atom is 0.120 e. The molecule has 1 heterocycles. The second kappa shape index (κ2) is 5.93. The molecule has 0 aliphatic carbocycles. The van der Waals surface area contributed by atoms with Gasteiger partial charge in [-0.15, -0.1) is 0 Å². The Balaban J connectivity index is 2.01. The monoisotopic (exact) mass is 259 g/mol. The molecule has 0 aliphatic rings. The van der Waals surface area contributed by atoms with Gasteiger partial charge in [0.15, 0.2) is 0 Å². The molecule has 0 saturated carbocycles. The molecule has 3 nitrogen and oxygen atoms in total. The minimum atomic E-state index is 0.186. The normalized spacial score (nSPS) is 14.1. The molecule has 0 bridgehead atoms. The molecule has 0 saturated heterocycles. The number of benzene rings is 1. The highest BCUT2D eigenvalue weighted by Gasteiger charge is 2.13. The summed E-state index contributed by atoms with van der Waals surface area (Å²) in [6, 6.07) is 12.6. The lowest BCUT2D eigenvalue weighted by atomic mass is 10.1. The maximum absolute atomic E-state index is 5.64. The van der Waals surface area contributed by atoms with Gasteiger partial charge in [0.1, 0.15) is 17.3 Å². The van der Waals surface area contributed by atoms with E-state index in [9.17, 15) is 0 Å². The van der Waals surface area contributed by atoms with Crippen molar-refractivity contribution in [2.45, 2.75) is 32.9 Å². The van der Waals surface area contributed by atoms with Crippen LogP contribution in [0.25, 0.3) is 0 Å². The molecule has 0 aliphatic heterocycles. The van der Waals surface area contributed by atoms with Crippen LogP contribution in [0.2, 0.25) is 0 Å². The molecule has 3 heteroatoms. The van der Waals surface area contributed by atoms with Gasteiger partial charge >= 0.3 is 0 Å². The minimum absolute atomic E-state index is 0.186. The van der Waals surface area contributed by atoms with Gasteiger partial charge in [0, 0.05) is 6.04 Å². The van der Waals surface area contributed by atoms with E-state index in [1.165, 1.54) is 5.56 Å². The van der Waals surface area contributed by atoms with E-state index in [2.05, 4.69) is 31.3 Å². The molecule has 0 radical (unpaired) electrons. The third-order valence-electron chi connectivity index (χ3n) is 3.30. The summed E-state index contributed by atoms with van der Waals surface area (Å²) in [5.41, 5.74) is 1.23. The average molecular weight is 259 g/mol. The first-order valence-corrected chi connectivity index (χ1v) is 6.56. The van der Waals surface area contributed by atoms with Gasteiger partial charge in [-0.3, -0.25) is 0 Å². The van der Waals surface area contributed by atoms with Gasteiger partial charge in [-0.1, -0.05) is 12.1 Å². The summed E-state index contributed by atoms with van der Waals surface area (Å²) >= 11 is 0. The molecule has 2 rings (SSSR count). The van der Waals surface area contributed by atoms with Crippen molar-refractivity contribution in [2.75, 3.05) is 7.11 Å². The Morgan fingerprint density at radius 3 is 2.21 bits per heavy atom. The number of ether oxygens (including phenoxy) is 1. The first-order chi connectivity index (χ1) is 9.10. The van der Waals surface area contributed by atoms with Crippen molar-refractivity contribution >= 4 is 0 Å². The van der Waals surface area contributed by atoms with E-state index in [-0.39, 0.29) is 12.1 Å². The molecular formula is C16H21NO2. The summed E-state index contributed by atoms with van der Waals surface area (Å²) in [7, 11) is 1.68. The fourth-order valence-electron chi connectivity index (χ4n) is 2.13. The van der Waals surface area contributed by atoms with Crippen LogP contribution in [-0.4, -0.2) is 7.11 Å². The average Bonchev–Trinajstić information content (AvgIpc) is 2.85. The molecule has 2 aromatic rings. The number of hydrogen-bond donors (Lipinski definition) is 1. The van der Waals surface area contributed by atoms with Crippen molar-refractivity contribution in [1.29, 1.82) is 0 Å². The van der Waals surface area contributed by atoms with E-state index in [0.717, 1.165) is 17.3 Å². The lowest BCUT2D eigenvalue weighted by Crippen LogP contribution is -2.22. The van der Waals surface area contributed by atoms with E-state index in [4.69, 9.17) is 9.15 Å². The third kappa shape index (κ3) is 3.38. The zero-order valence-electron chi connectivity index (χ0n) is 11.9. The highest BCUT2D eigenvalue weighted by Crippen LogP contribution is 2.22. The Hall–Kier alpha value is -1.74. The number of rotatable bonds is 5. The number of nitrogens with one attached hydrogen (secondary N) is 1. The van der Waals surface area contributed by atoms with Crippen LogP contribution in [0, 0.1) is 6.92 Å². The predicted octanol–water partition coefficient (Wildman–Crippen LogP) is 4.01. The van der Waals surface area contributed by atoms with E-state index in [1.54, 1.807) is 7.11 Å². The molecule has 2 unspecified atom stereocenters. The van der Waals surface area contributed by atoms with Crippen molar-refractivity contribution in [1.82, 2.24) is 5.32 Å². The van der Waals surface area contributed by atoms with Gasteiger partial charge in [0.2, 0.25) is 0 Å². The fourth-order valence-corrected chi connectivity index (χ4v) is 2.13. The molecule has 102 valence electrons. The zero-order valence-corrected chi connectivity index (χ0v) is 11.9. The number of furan rings is 1. The SMILES string of the molecule is COc1ccc(C(C)NC(C)c2ccc(C)o2)cc1. The van der Waals surface area contributed by atoms with E-state index in [1.807, 2.05) is 31.2 Å². The van der Waals surface area contributed by atoms with Crippen molar-refractivity contribution in [2.24, 2.45) is 0 Å². The third-order valence-corrected chi connectivity index (χ3v) is 3.30. The van der Waals surface area contributed by atoms with Crippen LogP contribution < -0.4 is 10.1 Å². The zero-order chi connectivity index (χ0) is 13.8. The summed E-state index contributed by atoms with van der Waals surface area (Å²) in [5, 5.41) is 3.53. The highest BCUT2D eigenvalue weighted by atomic mass is 16.5. The van der Waals surface area contributed by atoms with Crippen LogP contribution in [0.5, 0.6) is 5.75 Å². The Morgan fingerprint density at radius 1 is 1.00 bits per heavy atom. The molecule has 0 spiro atoms. The van der Waals surface area contributed by atoms with Gasteiger partial charge in [-0.05, 0) is 50.6 Å².